The second-order valence-electron chi connectivity index (χ2n) is 3.53. The van der Waals surface area contributed by atoms with Crippen molar-refractivity contribution in [2.45, 2.75) is 6.18 Å². The van der Waals surface area contributed by atoms with Crippen LogP contribution in [0.4, 0.5) is 24.7 Å². The summed E-state index contributed by atoms with van der Waals surface area (Å²) in [6.07, 6.45) is -4.39. The SMILES string of the molecule is N#Cc1nc(NCCOCC(F)(F)F)ccc1[N+](=O)[O-]. The lowest BCUT2D eigenvalue weighted by molar-refractivity contribution is -0.385. The Balaban J connectivity index is 2.50. The minimum Gasteiger partial charge on any atom is -0.370 e. The summed E-state index contributed by atoms with van der Waals surface area (Å²) in [6, 6.07) is 3.91. The van der Waals surface area contributed by atoms with Crippen LogP contribution in [0, 0.1) is 21.4 Å². The summed E-state index contributed by atoms with van der Waals surface area (Å²) in [5, 5.41) is 21.8. The van der Waals surface area contributed by atoms with Crippen LogP contribution >= 0.6 is 0 Å². The zero-order valence-corrected chi connectivity index (χ0v) is 9.98. The lowest BCUT2D eigenvalue weighted by Gasteiger charge is -2.08. The number of ether oxygens (including phenoxy) is 1. The highest BCUT2D eigenvalue weighted by Gasteiger charge is 2.27. The average molecular weight is 290 g/mol. The minimum atomic E-state index is -4.39. The second kappa shape index (κ2) is 6.67. The standard InChI is InChI=1S/C10H9F3N4O3/c11-10(12,13)6-20-4-3-15-9-2-1-8(17(18)19)7(5-14)16-9/h1-2H,3-4,6H2,(H,15,16). The number of nitrogens with zero attached hydrogens (tertiary/aromatic N) is 3. The Morgan fingerprint density at radius 2 is 2.20 bits per heavy atom. The Kier molecular flexibility index (Phi) is 5.22. The first-order valence-electron chi connectivity index (χ1n) is 5.27. The fourth-order valence-electron chi connectivity index (χ4n) is 1.22. The molecule has 0 saturated carbocycles. The van der Waals surface area contributed by atoms with Crippen LogP contribution in [0.15, 0.2) is 12.1 Å². The molecule has 0 unspecified atom stereocenters. The predicted molar refractivity (Wildman–Crippen MR) is 61.0 cm³/mol. The van der Waals surface area contributed by atoms with E-state index in [1.165, 1.54) is 6.07 Å². The van der Waals surface area contributed by atoms with Crippen molar-refractivity contribution in [3.05, 3.63) is 27.9 Å². The number of hydrogen-bond donors (Lipinski definition) is 1. The Bertz CT molecular complexity index is 527. The Morgan fingerprint density at radius 1 is 1.50 bits per heavy atom. The van der Waals surface area contributed by atoms with Gasteiger partial charge in [-0.15, -0.1) is 0 Å². The second-order valence-corrected chi connectivity index (χ2v) is 3.53. The maximum Gasteiger partial charge on any atom is 0.411 e. The smallest absolute Gasteiger partial charge is 0.370 e. The molecule has 20 heavy (non-hydrogen) atoms. The van der Waals surface area contributed by atoms with Crippen molar-refractivity contribution in [1.29, 1.82) is 5.26 Å². The first-order chi connectivity index (χ1) is 9.33. The lowest BCUT2D eigenvalue weighted by Crippen LogP contribution is -2.20. The van der Waals surface area contributed by atoms with E-state index in [9.17, 15) is 23.3 Å². The molecule has 1 rings (SSSR count). The van der Waals surface area contributed by atoms with Crippen molar-refractivity contribution in [3.8, 4) is 6.07 Å². The fraction of sp³-hybridized carbons (Fsp3) is 0.400. The maximum absolute atomic E-state index is 11.8. The van der Waals surface area contributed by atoms with E-state index in [1.54, 1.807) is 6.07 Å². The molecule has 1 N–H and O–H groups in total. The fourth-order valence-corrected chi connectivity index (χ4v) is 1.22. The van der Waals surface area contributed by atoms with Gasteiger partial charge < -0.3 is 10.1 Å². The molecule has 7 nitrogen and oxygen atoms in total. The molecule has 0 spiro atoms. The highest BCUT2D eigenvalue weighted by Crippen LogP contribution is 2.18. The van der Waals surface area contributed by atoms with Crippen molar-refractivity contribution in [1.82, 2.24) is 4.98 Å². The van der Waals surface area contributed by atoms with Gasteiger partial charge in [0.2, 0.25) is 5.69 Å². The molecule has 0 saturated heterocycles. The zero-order valence-electron chi connectivity index (χ0n) is 9.98. The monoisotopic (exact) mass is 290 g/mol. The van der Waals surface area contributed by atoms with Gasteiger partial charge in [0.25, 0.3) is 0 Å². The number of anilines is 1. The van der Waals surface area contributed by atoms with Gasteiger partial charge in [0, 0.05) is 12.6 Å². The Hall–Kier alpha value is -2.41. The van der Waals surface area contributed by atoms with Crippen LogP contribution in [0.2, 0.25) is 0 Å². The highest BCUT2D eigenvalue weighted by atomic mass is 19.4. The third-order valence-corrected chi connectivity index (χ3v) is 1.99. The van der Waals surface area contributed by atoms with Gasteiger partial charge >= 0.3 is 11.9 Å². The minimum absolute atomic E-state index is 0.0196. The molecular weight excluding hydrogens is 281 g/mol. The maximum atomic E-state index is 11.8. The number of nitriles is 1. The van der Waals surface area contributed by atoms with Crippen LogP contribution in [0.1, 0.15) is 5.69 Å². The van der Waals surface area contributed by atoms with Crippen LogP contribution in [0.25, 0.3) is 0 Å². The van der Waals surface area contributed by atoms with Gasteiger partial charge in [-0.25, -0.2) is 4.98 Å². The number of hydrogen-bond acceptors (Lipinski definition) is 6. The first-order valence-corrected chi connectivity index (χ1v) is 5.27. The van der Waals surface area contributed by atoms with Crippen LogP contribution in [-0.2, 0) is 4.74 Å². The van der Waals surface area contributed by atoms with Gasteiger partial charge in [-0.2, -0.15) is 18.4 Å². The number of rotatable bonds is 6. The molecular formula is C10H9F3N4O3. The topological polar surface area (TPSA) is 101 Å². The normalized spacial score (nSPS) is 10.9. The van der Waals surface area contributed by atoms with E-state index < -0.39 is 23.4 Å². The number of nitrogens with one attached hydrogen (secondary N) is 1. The highest BCUT2D eigenvalue weighted by molar-refractivity contribution is 5.50. The van der Waals surface area contributed by atoms with Gasteiger partial charge in [0.1, 0.15) is 18.5 Å². The van der Waals surface area contributed by atoms with Crippen molar-refractivity contribution in [3.63, 3.8) is 0 Å². The molecule has 1 aromatic heterocycles. The van der Waals surface area contributed by atoms with Gasteiger partial charge in [0.05, 0.1) is 11.5 Å². The molecule has 0 fully saturated rings. The van der Waals surface area contributed by atoms with E-state index in [-0.39, 0.29) is 24.7 Å². The molecule has 108 valence electrons. The molecule has 0 atom stereocenters. The predicted octanol–water partition coefficient (Wildman–Crippen LogP) is 1.85. The zero-order chi connectivity index (χ0) is 15.2. The molecule has 10 heteroatoms. The molecule has 0 aliphatic heterocycles. The number of pyridine rings is 1. The first kappa shape index (κ1) is 15.6. The summed E-state index contributed by atoms with van der Waals surface area (Å²) >= 11 is 0. The summed E-state index contributed by atoms with van der Waals surface area (Å²) in [5.74, 6) is 0.141. The number of alkyl halides is 3. The van der Waals surface area contributed by atoms with E-state index in [2.05, 4.69) is 15.0 Å². The summed E-state index contributed by atoms with van der Waals surface area (Å²) in [7, 11) is 0. The molecule has 0 bridgehead atoms. The van der Waals surface area contributed by atoms with Crippen LogP contribution in [0.3, 0.4) is 0 Å². The van der Waals surface area contributed by atoms with Crippen molar-refractivity contribution >= 4 is 11.5 Å². The molecule has 0 aromatic carbocycles. The average Bonchev–Trinajstić information content (AvgIpc) is 2.36. The molecule has 0 radical (unpaired) electrons. The quantitative estimate of drug-likeness (QED) is 0.487. The van der Waals surface area contributed by atoms with E-state index in [0.717, 1.165) is 6.07 Å². The molecule has 0 amide bonds. The van der Waals surface area contributed by atoms with Crippen LogP contribution in [-0.4, -0.2) is 35.8 Å². The van der Waals surface area contributed by atoms with Crippen molar-refractivity contribution < 1.29 is 22.8 Å². The molecule has 1 aromatic rings. The van der Waals surface area contributed by atoms with E-state index in [1.807, 2.05) is 0 Å². The van der Waals surface area contributed by atoms with E-state index in [4.69, 9.17) is 5.26 Å². The number of aromatic nitrogens is 1. The lowest BCUT2D eigenvalue weighted by atomic mass is 10.3. The number of nitro groups is 1. The van der Waals surface area contributed by atoms with Crippen LogP contribution in [0.5, 0.6) is 0 Å². The molecule has 0 aliphatic rings. The summed E-state index contributed by atoms with van der Waals surface area (Å²) in [4.78, 5) is 13.5. The Morgan fingerprint density at radius 3 is 2.75 bits per heavy atom. The Labute approximate surface area is 111 Å². The van der Waals surface area contributed by atoms with Gasteiger partial charge in [-0.3, -0.25) is 10.1 Å². The van der Waals surface area contributed by atoms with Crippen molar-refractivity contribution in [2.24, 2.45) is 0 Å². The van der Waals surface area contributed by atoms with Gasteiger partial charge in [-0.05, 0) is 6.07 Å². The third kappa shape index (κ3) is 5.07. The summed E-state index contributed by atoms with van der Waals surface area (Å²) < 4.78 is 39.7. The third-order valence-electron chi connectivity index (χ3n) is 1.99. The largest absolute Gasteiger partial charge is 0.411 e. The summed E-state index contributed by atoms with van der Waals surface area (Å²) in [5.41, 5.74) is -0.817. The van der Waals surface area contributed by atoms with Gasteiger partial charge in [-0.1, -0.05) is 0 Å². The van der Waals surface area contributed by atoms with Crippen molar-refractivity contribution in [2.75, 3.05) is 25.1 Å². The van der Waals surface area contributed by atoms with E-state index >= 15 is 0 Å². The molecule has 0 aliphatic carbocycles. The summed E-state index contributed by atoms with van der Waals surface area (Å²) in [6.45, 7) is -1.56. The number of halogens is 3. The van der Waals surface area contributed by atoms with Crippen LogP contribution < -0.4 is 5.32 Å². The van der Waals surface area contributed by atoms with E-state index in [0.29, 0.717) is 0 Å². The van der Waals surface area contributed by atoms with Gasteiger partial charge in [0.15, 0.2) is 0 Å². The molecule has 1 heterocycles.